The lowest BCUT2D eigenvalue weighted by Crippen LogP contribution is -2.33. The van der Waals surface area contributed by atoms with Gasteiger partial charge in [0.05, 0.1) is 6.26 Å². The quantitative estimate of drug-likeness (QED) is 0.577. The molecule has 0 radical (unpaired) electrons. The molecule has 2 nitrogen and oxygen atoms in total. The summed E-state index contributed by atoms with van der Waals surface area (Å²) >= 11 is 0. The van der Waals surface area contributed by atoms with Crippen molar-refractivity contribution in [3.05, 3.63) is 23.5 Å². The van der Waals surface area contributed by atoms with Crippen molar-refractivity contribution < 1.29 is 9.47 Å². The zero-order chi connectivity index (χ0) is 9.42. The number of hydrogen-bond donors (Lipinski definition) is 0. The first-order chi connectivity index (χ1) is 6.24. The van der Waals surface area contributed by atoms with Crippen LogP contribution in [0.1, 0.15) is 20.3 Å². The van der Waals surface area contributed by atoms with Gasteiger partial charge < -0.3 is 9.47 Å². The van der Waals surface area contributed by atoms with Gasteiger partial charge in [0.15, 0.2) is 0 Å². The van der Waals surface area contributed by atoms with Gasteiger partial charge in [0, 0.05) is 13.0 Å². The zero-order valence-corrected chi connectivity index (χ0v) is 8.41. The number of ether oxygens (including phenoxy) is 2. The highest BCUT2D eigenvalue weighted by atomic mass is 16.7. The zero-order valence-electron chi connectivity index (χ0n) is 8.41. The van der Waals surface area contributed by atoms with Crippen molar-refractivity contribution in [3.8, 4) is 0 Å². The van der Waals surface area contributed by atoms with Crippen molar-refractivity contribution in [3.63, 3.8) is 0 Å². The van der Waals surface area contributed by atoms with Gasteiger partial charge in [-0.15, -0.1) is 0 Å². The molecule has 72 valence electrons. The summed E-state index contributed by atoms with van der Waals surface area (Å²) in [7, 11) is 1.71. The molecule has 3 unspecified atom stereocenters. The minimum absolute atomic E-state index is 0.0764. The molecule has 1 aliphatic heterocycles. The Hall–Kier alpha value is -0.760. The lowest BCUT2D eigenvalue weighted by Gasteiger charge is -2.33. The highest BCUT2D eigenvalue weighted by molar-refractivity contribution is 5.23. The third kappa shape index (κ3) is 1.29. The number of allylic oxidation sites excluding steroid dienone is 2. The van der Waals surface area contributed by atoms with Crippen molar-refractivity contribution in [2.24, 2.45) is 11.8 Å². The molecule has 0 aromatic carbocycles. The fraction of sp³-hybridized carbons (Fsp3) is 0.636. The summed E-state index contributed by atoms with van der Waals surface area (Å²) < 4.78 is 10.8. The summed E-state index contributed by atoms with van der Waals surface area (Å²) in [6.07, 6.45) is 5.21. The van der Waals surface area contributed by atoms with E-state index in [1.165, 1.54) is 11.1 Å². The Morgan fingerprint density at radius 2 is 2.15 bits per heavy atom. The molecule has 1 heterocycles. The molecule has 0 amide bonds. The summed E-state index contributed by atoms with van der Waals surface area (Å²) in [5, 5.41) is 0. The van der Waals surface area contributed by atoms with Gasteiger partial charge in [-0.3, -0.25) is 0 Å². The highest BCUT2D eigenvalue weighted by Gasteiger charge is 2.38. The summed E-state index contributed by atoms with van der Waals surface area (Å²) in [5.41, 5.74) is 2.75. The monoisotopic (exact) mass is 180 g/mol. The topological polar surface area (TPSA) is 18.5 Å². The van der Waals surface area contributed by atoms with Crippen LogP contribution >= 0.6 is 0 Å². The van der Waals surface area contributed by atoms with Gasteiger partial charge in [0.2, 0.25) is 6.29 Å². The van der Waals surface area contributed by atoms with Gasteiger partial charge in [-0.05, 0) is 31.8 Å². The summed E-state index contributed by atoms with van der Waals surface area (Å²) in [4.78, 5) is 0. The molecular formula is C11H16O2. The van der Waals surface area contributed by atoms with E-state index < -0.39 is 0 Å². The van der Waals surface area contributed by atoms with Crippen molar-refractivity contribution >= 4 is 0 Å². The van der Waals surface area contributed by atoms with Gasteiger partial charge in [-0.1, -0.05) is 11.6 Å². The molecule has 0 bridgehead atoms. The maximum Gasteiger partial charge on any atom is 0.205 e. The van der Waals surface area contributed by atoms with Crippen LogP contribution in [0, 0.1) is 11.8 Å². The van der Waals surface area contributed by atoms with E-state index >= 15 is 0 Å². The van der Waals surface area contributed by atoms with E-state index in [1.54, 1.807) is 7.11 Å². The fourth-order valence-corrected chi connectivity index (χ4v) is 2.33. The molecule has 1 aliphatic carbocycles. The lowest BCUT2D eigenvalue weighted by atomic mass is 9.85. The van der Waals surface area contributed by atoms with E-state index in [4.69, 9.17) is 9.47 Å². The fourth-order valence-electron chi connectivity index (χ4n) is 2.33. The first kappa shape index (κ1) is 8.82. The molecule has 2 aliphatic rings. The largest absolute Gasteiger partial charge is 0.472 e. The predicted molar refractivity (Wildman–Crippen MR) is 51.0 cm³/mol. The van der Waals surface area contributed by atoms with Gasteiger partial charge in [0.25, 0.3) is 0 Å². The Morgan fingerprint density at radius 3 is 2.85 bits per heavy atom. The molecule has 0 aromatic heterocycles. The van der Waals surface area contributed by atoms with E-state index in [9.17, 15) is 0 Å². The summed E-state index contributed by atoms with van der Waals surface area (Å²) in [6, 6.07) is 0. The van der Waals surface area contributed by atoms with Crippen LogP contribution in [0.2, 0.25) is 0 Å². The van der Waals surface area contributed by atoms with Crippen LogP contribution < -0.4 is 0 Å². The van der Waals surface area contributed by atoms with Crippen LogP contribution in [-0.4, -0.2) is 13.4 Å². The molecule has 0 N–H and O–H groups in total. The first-order valence-electron chi connectivity index (χ1n) is 4.75. The van der Waals surface area contributed by atoms with Crippen molar-refractivity contribution in [1.29, 1.82) is 0 Å². The second-order valence-electron chi connectivity index (χ2n) is 3.92. The van der Waals surface area contributed by atoms with Crippen LogP contribution in [0.15, 0.2) is 23.5 Å². The van der Waals surface area contributed by atoms with Crippen LogP contribution in [0.4, 0.5) is 0 Å². The van der Waals surface area contributed by atoms with Crippen molar-refractivity contribution in [2.75, 3.05) is 7.11 Å². The minimum Gasteiger partial charge on any atom is -0.472 e. The highest BCUT2D eigenvalue weighted by Crippen LogP contribution is 2.42. The molecule has 0 aromatic rings. The smallest absolute Gasteiger partial charge is 0.205 e. The lowest BCUT2D eigenvalue weighted by molar-refractivity contribution is -0.128. The van der Waals surface area contributed by atoms with E-state index in [2.05, 4.69) is 19.9 Å². The maximum absolute atomic E-state index is 5.50. The average Bonchev–Trinajstić information content (AvgIpc) is 2.51. The Balaban J connectivity index is 2.26. The molecule has 13 heavy (non-hydrogen) atoms. The molecule has 0 saturated carbocycles. The van der Waals surface area contributed by atoms with E-state index in [-0.39, 0.29) is 6.29 Å². The van der Waals surface area contributed by atoms with E-state index in [0.717, 1.165) is 6.42 Å². The van der Waals surface area contributed by atoms with Crippen molar-refractivity contribution in [2.45, 2.75) is 26.6 Å². The Labute approximate surface area is 79.2 Å². The molecule has 0 fully saturated rings. The third-order valence-electron chi connectivity index (χ3n) is 3.15. The standard InChI is InChI=1S/C11H16O2/c1-7-4-5-9-8(2)6-13-11(12-3)10(7)9/h4,6,9-11H,5H2,1-3H3. The van der Waals surface area contributed by atoms with Crippen LogP contribution in [0.5, 0.6) is 0 Å². The molecule has 3 atom stereocenters. The SMILES string of the molecule is COC1OC=C(C)C2CC=C(C)C12. The first-order valence-corrected chi connectivity index (χ1v) is 4.75. The second kappa shape index (κ2) is 3.18. The number of methoxy groups -OCH3 is 1. The Bertz CT molecular complexity index is 265. The van der Waals surface area contributed by atoms with Gasteiger partial charge in [0.1, 0.15) is 0 Å². The maximum atomic E-state index is 5.50. The molecule has 0 spiro atoms. The predicted octanol–water partition coefficient (Wildman–Crippen LogP) is 2.48. The van der Waals surface area contributed by atoms with Crippen LogP contribution in [-0.2, 0) is 9.47 Å². The molecular weight excluding hydrogens is 164 g/mol. The van der Waals surface area contributed by atoms with Crippen LogP contribution in [0.3, 0.4) is 0 Å². The molecule has 2 rings (SSSR count). The minimum atomic E-state index is -0.0764. The summed E-state index contributed by atoms with van der Waals surface area (Å²) in [6.45, 7) is 4.30. The van der Waals surface area contributed by atoms with Gasteiger partial charge in [-0.25, -0.2) is 0 Å². The van der Waals surface area contributed by atoms with E-state index in [1.807, 2.05) is 6.26 Å². The molecule has 2 heteroatoms. The van der Waals surface area contributed by atoms with Crippen molar-refractivity contribution in [1.82, 2.24) is 0 Å². The average molecular weight is 180 g/mol. The second-order valence-corrected chi connectivity index (χ2v) is 3.92. The molecule has 0 saturated heterocycles. The normalized spacial score (nSPS) is 37.6. The van der Waals surface area contributed by atoms with Crippen LogP contribution in [0.25, 0.3) is 0 Å². The Kier molecular flexibility index (Phi) is 2.16. The Morgan fingerprint density at radius 1 is 1.38 bits per heavy atom. The number of fused-ring (bicyclic) bond motifs is 1. The summed E-state index contributed by atoms with van der Waals surface area (Å²) in [5.74, 6) is 1.05. The van der Waals surface area contributed by atoms with Gasteiger partial charge >= 0.3 is 0 Å². The van der Waals surface area contributed by atoms with Gasteiger partial charge in [-0.2, -0.15) is 0 Å². The number of rotatable bonds is 1. The third-order valence-corrected chi connectivity index (χ3v) is 3.15. The number of hydrogen-bond acceptors (Lipinski definition) is 2. The van der Waals surface area contributed by atoms with E-state index in [0.29, 0.717) is 11.8 Å².